The molecule has 0 aliphatic heterocycles. The number of hydrogen-bond donors (Lipinski definition) is 2. The molecule has 0 radical (unpaired) electrons. The molecule has 4 nitrogen and oxygen atoms in total. The van der Waals surface area contributed by atoms with E-state index in [4.69, 9.17) is 0 Å². The number of anilines is 2. The largest absolute Gasteiger partial charge is 0.381 e. The number of hydrogen-bond acceptors (Lipinski definition) is 3. The van der Waals surface area contributed by atoms with Crippen molar-refractivity contribution in [2.45, 2.75) is 26.3 Å². The Hall–Kier alpha value is -2.01. The predicted octanol–water partition coefficient (Wildman–Crippen LogP) is 3.84. The van der Waals surface area contributed by atoms with Crippen molar-refractivity contribution in [2.24, 2.45) is 0 Å². The topological polar surface area (TPSA) is 58.2 Å². The van der Waals surface area contributed by atoms with E-state index in [1.807, 2.05) is 37.3 Å². The molecule has 118 valence electrons. The fourth-order valence-corrected chi connectivity index (χ4v) is 3.29. The molecule has 0 saturated carbocycles. The first kappa shape index (κ1) is 16.4. The lowest BCUT2D eigenvalue weighted by Crippen LogP contribution is -2.16. The maximum atomic E-state index is 11.8. The van der Waals surface area contributed by atoms with Gasteiger partial charge >= 0.3 is 0 Å². The molecular weight excluding hydrogens is 296 g/mol. The smallest absolute Gasteiger partial charge is 0.232 e. The van der Waals surface area contributed by atoms with E-state index in [-0.39, 0.29) is 5.75 Å². The molecule has 2 aromatic carbocycles. The summed E-state index contributed by atoms with van der Waals surface area (Å²) in [5.41, 5.74) is 2.76. The molecule has 0 aliphatic rings. The van der Waals surface area contributed by atoms with Crippen LogP contribution < -0.4 is 10.0 Å². The Morgan fingerprint density at radius 2 is 1.55 bits per heavy atom. The predicted molar refractivity (Wildman–Crippen MR) is 92.5 cm³/mol. The Morgan fingerprint density at radius 3 is 2.18 bits per heavy atom. The van der Waals surface area contributed by atoms with E-state index in [0.29, 0.717) is 12.1 Å². The van der Waals surface area contributed by atoms with Crippen molar-refractivity contribution in [2.75, 3.05) is 15.8 Å². The minimum absolute atomic E-state index is 0.164. The highest BCUT2D eigenvalue weighted by molar-refractivity contribution is 7.92. The van der Waals surface area contributed by atoms with Crippen molar-refractivity contribution in [3.05, 3.63) is 60.2 Å². The zero-order chi connectivity index (χ0) is 15.8. The average molecular weight is 318 g/mol. The number of sulfonamides is 1. The Labute approximate surface area is 132 Å². The van der Waals surface area contributed by atoms with Gasteiger partial charge in [-0.05, 0) is 36.2 Å². The second kappa shape index (κ2) is 7.84. The summed E-state index contributed by atoms with van der Waals surface area (Å²) in [6.45, 7) is 2.71. The second-order valence-electron chi connectivity index (χ2n) is 5.19. The third kappa shape index (κ3) is 5.41. The highest BCUT2D eigenvalue weighted by Gasteiger charge is 2.09. The van der Waals surface area contributed by atoms with Gasteiger partial charge < -0.3 is 5.32 Å². The Kier molecular flexibility index (Phi) is 5.83. The molecule has 0 bridgehead atoms. The first-order chi connectivity index (χ1) is 10.6. The van der Waals surface area contributed by atoms with Crippen LogP contribution in [0.15, 0.2) is 54.6 Å². The summed E-state index contributed by atoms with van der Waals surface area (Å²) in [7, 11) is -3.24. The quantitative estimate of drug-likeness (QED) is 0.777. The standard InChI is InChI=1S/C17H22N2O2S/c1-2-3-13-22(20,21)19-17-11-9-16(10-12-17)18-14-15-7-5-4-6-8-15/h4-12,18-19H,2-3,13-14H2,1H3. The molecule has 0 aromatic heterocycles. The average Bonchev–Trinajstić information content (AvgIpc) is 2.53. The molecule has 0 saturated heterocycles. The fraction of sp³-hybridized carbons (Fsp3) is 0.294. The van der Waals surface area contributed by atoms with E-state index in [2.05, 4.69) is 22.2 Å². The van der Waals surface area contributed by atoms with Gasteiger partial charge in [-0.3, -0.25) is 4.72 Å². The lowest BCUT2D eigenvalue weighted by molar-refractivity contribution is 0.598. The Morgan fingerprint density at radius 1 is 0.909 bits per heavy atom. The zero-order valence-electron chi connectivity index (χ0n) is 12.7. The van der Waals surface area contributed by atoms with Gasteiger partial charge in [0.1, 0.15) is 0 Å². The summed E-state index contributed by atoms with van der Waals surface area (Å²) >= 11 is 0. The third-order valence-electron chi connectivity index (χ3n) is 3.26. The van der Waals surface area contributed by atoms with Crippen LogP contribution in [-0.4, -0.2) is 14.2 Å². The van der Waals surface area contributed by atoms with E-state index < -0.39 is 10.0 Å². The molecule has 0 heterocycles. The first-order valence-corrected chi connectivity index (χ1v) is 9.12. The van der Waals surface area contributed by atoms with Gasteiger partial charge in [-0.25, -0.2) is 8.42 Å². The van der Waals surface area contributed by atoms with Crippen LogP contribution in [0.4, 0.5) is 11.4 Å². The molecule has 0 aliphatic carbocycles. The molecule has 0 unspecified atom stereocenters. The van der Waals surface area contributed by atoms with Gasteiger partial charge in [-0.2, -0.15) is 0 Å². The first-order valence-electron chi connectivity index (χ1n) is 7.47. The third-order valence-corrected chi connectivity index (χ3v) is 4.64. The van der Waals surface area contributed by atoms with Crippen LogP contribution in [-0.2, 0) is 16.6 Å². The van der Waals surface area contributed by atoms with Crippen LogP contribution in [0.5, 0.6) is 0 Å². The molecular formula is C17H22N2O2S. The van der Waals surface area contributed by atoms with E-state index in [9.17, 15) is 8.42 Å². The van der Waals surface area contributed by atoms with Crippen molar-refractivity contribution in [1.29, 1.82) is 0 Å². The minimum Gasteiger partial charge on any atom is -0.381 e. The second-order valence-corrected chi connectivity index (χ2v) is 7.03. The number of rotatable bonds is 8. The normalized spacial score (nSPS) is 11.1. The van der Waals surface area contributed by atoms with Crippen LogP contribution in [0.2, 0.25) is 0 Å². The molecule has 0 fully saturated rings. The lowest BCUT2D eigenvalue weighted by atomic mass is 10.2. The van der Waals surface area contributed by atoms with Crippen LogP contribution in [0.25, 0.3) is 0 Å². The van der Waals surface area contributed by atoms with E-state index in [0.717, 1.165) is 18.7 Å². The van der Waals surface area contributed by atoms with E-state index in [1.54, 1.807) is 12.1 Å². The minimum atomic E-state index is -3.24. The van der Waals surface area contributed by atoms with Gasteiger partial charge in [0.25, 0.3) is 0 Å². The number of benzene rings is 2. The van der Waals surface area contributed by atoms with Crippen LogP contribution >= 0.6 is 0 Å². The van der Waals surface area contributed by atoms with Gasteiger partial charge in [-0.15, -0.1) is 0 Å². The highest BCUT2D eigenvalue weighted by atomic mass is 32.2. The molecule has 2 rings (SSSR count). The molecule has 0 atom stereocenters. The summed E-state index contributed by atoms with van der Waals surface area (Å²) in [4.78, 5) is 0. The lowest BCUT2D eigenvalue weighted by Gasteiger charge is -2.10. The Bertz CT molecular complexity index is 668. The maximum Gasteiger partial charge on any atom is 0.232 e. The van der Waals surface area contributed by atoms with E-state index in [1.165, 1.54) is 5.56 Å². The zero-order valence-corrected chi connectivity index (χ0v) is 13.6. The van der Waals surface area contributed by atoms with Crippen molar-refractivity contribution in [3.8, 4) is 0 Å². The van der Waals surface area contributed by atoms with Gasteiger partial charge in [0.2, 0.25) is 10.0 Å². The molecule has 0 spiro atoms. The molecule has 2 N–H and O–H groups in total. The summed E-state index contributed by atoms with van der Waals surface area (Å²) < 4.78 is 26.3. The summed E-state index contributed by atoms with van der Waals surface area (Å²) in [5, 5.41) is 3.31. The van der Waals surface area contributed by atoms with Gasteiger partial charge in [0, 0.05) is 17.9 Å². The van der Waals surface area contributed by atoms with Gasteiger partial charge in [0.05, 0.1) is 5.75 Å². The molecule has 22 heavy (non-hydrogen) atoms. The van der Waals surface area contributed by atoms with E-state index >= 15 is 0 Å². The summed E-state index contributed by atoms with van der Waals surface area (Å²) in [6.07, 6.45) is 1.54. The van der Waals surface area contributed by atoms with Crippen molar-refractivity contribution in [3.63, 3.8) is 0 Å². The Balaban J connectivity index is 1.90. The molecule has 2 aromatic rings. The summed E-state index contributed by atoms with van der Waals surface area (Å²) in [5.74, 6) is 0.164. The van der Waals surface area contributed by atoms with Gasteiger partial charge in [-0.1, -0.05) is 43.7 Å². The highest BCUT2D eigenvalue weighted by Crippen LogP contribution is 2.16. The van der Waals surface area contributed by atoms with Crippen LogP contribution in [0.1, 0.15) is 25.3 Å². The number of unbranched alkanes of at least 4 members (excludes halogenated alkanes) is 1. The van der Waals surface area contributed by atoms with Crippen molar-refractivity contribution < 1.29 is 8.42 Å². The number of nitrogens with one attached hydrogen (secondary N) is 2. The maximum absolute atomic E-state index is 11.8. The van der Waals surface area contributed by atoms with Crippen LogP contribution in [0, 0.1) is 0 Å². The van der Waals surface area contributed by atoms with Crippen molar-refractivity contribution >= 4 is 21.4 Å². The molecule has 0 amide bonds. The fourth-order valence-electron chi connectivity index (χ4n) is 2.02. The van der Waals surface area contributed by atoms with Gasteiger partial charge in [0.15, 0.2) is 0 Å². The van der Waals surface area contributed by atoms with Crippen LogP contribution in [0.3, 0.4) is 0 Å². The van der Waals surface area contributed by atoms with Crippen molar-refractivity contribution in [1.82, 2.24) is 0 Å². The SMILES string of the molecule is CCCCS(=O)(=O)Nc1ccc(NCc2ccccc2)cc1. The molecule has 5 heteroatoms. The summed E-state index contributed by atoms with van der Waals surface area (Å²) in [6, 6.07) is 17.4. The monoisotopic (exact) mass is 318 g/mol.